The smallest absolute Gasteiger partial charge is 0.101 e. The highest BCUT2D eigenvalue weighted by Crippen LogP contribution is 2.31. The Labute approximate surface area is 148 Å². The largest absolute Gasteiger partial charge is 0.280 e. The number of nitrogens with zero attached hydrogens (tertiary/aromatic N) is 1. The predicted octanol–water partition coefficient (Wildman–Crippen LogP) is 6.05. The zero-order valence-electron chi connectivity index (χ0n) is 13.9. The minimum atomic E-state index is -0.0208. The lowest BCUT2D eigenvalue weighted by molar-refractivity contribution is 0.887. The number of rotatable bonds is 4. The highest BCUT2D eigenvalue weighted by molar-refractivity contribution is 5.87. The molecule has 120 valence electrons. The van der Waals surface area contributed by atoms with Crippen molar-refractivity contribution in [3.63, 3.8) is 0 Å². The van der Waals surface area contributed by atoms with Crippen molar-refractivity contribution in [2.45, 2.75) is 6.04 Å². The van der Waals surface area contributed by atoms with Crippen LogP contribution in [0.25, 0.3) is 10.8 Å². The summed E-state index contributed by atoms with van der Waals surface area (Å²) in [6, 6.07) is 35.7. The standard InChI is InChI=1S/C24H19N/c1-3-10-19(11-4-1)18-25-24(21-13-5-2-6-14-21)23-17-9-15-20-12-7-8-16-22(20)23/h1-18,24H/t24-/m1/s1. The molecule has 0 fully saturated rings. The normalized spacial score (nSPS) is 12.5. The molecule has 1 atom stereocenters. The number of hydrogen-bond donors (Lipinski definition) is 0. The Balaban J connectivity index is 1.84. The molecule has 0 aliphatic heterocycles. The SMILES string of the molecule is C(=N[C@H](c1ccccc1)c1cccc2ccccc12)c1ccccc1. The molecule has 4 rings (SSSR count). The summed E-state index contributed by atoms with van der Waals surface area (Å²) in [5.41, 5.74) is 3.55. The Bertz CT molecular complexity index is 983. The second-order valence-electron chi connectivity index (χ2n) is 6.07. The van der Waals surface area contributed by atoms with Gasteiger partial charge in [0.1, 0.15) is 6.04 Å². The highest BCUT2D eigenvalue weighted by Gasteiger charge is 2.14. The van der Waals surface area contributed by atoms with Crippen molar-refractivity contribution in [2.75, 3.05) is 0 Å². The van der Waals surface area contributed by atoms with Crippen LogP contribution in [0.15, 0.2) is 108 Å². The average Bonchev–Trinajstić information content (AvgIpc) is 2.70. The van der Waals surface area contributed by atoms with E-state index in [-0.39, 0.29) is 6.04 Å². The van der Waals surface area contributed by atoms with E-state index in [0.29, 0.717) is 0 Å². The molecular weight excluding hydrogens is 302 g/mol. The van der Waals surface area contributed by atoms with Gasteiger partial charge < -0.3 is 0 Å². The topological polar surface area (TPSA) is 12.4 Å². The molecule has 0 bridgehead atoms. The first kappa shape index (κ1) is 15.3. The van der Waals surface area contributed by atoms with E-state index in [1.807, 2.05) is 30.5 Å². The van der Waals surface area contributed by atoms with Crippen LogP contribution in [0.1, 0.15) is 22.7 Å². The molecule has 0 aliphatic rings. The van der Waals surface area contributed by atoms with Crippen molar-refractivity contribution >= 4 is 17.0 Å². The zero-order valence-corrected chi connectivity index (χ0v) is 13.9. The van der Waals surface area contributed by atoms with E-state index < -0.39 is 0 Å². The molecule has 0 saturated heterocycles. The summed E-state index contributed by atoms with van der Waals surface area (Å²) in [4.78, 5) is 4.96. The third kappa shape index (κ3) is 3.36. The summed E-state index contributed by atoms with van der Waals surface area (Å²) < 4.78 is 0. The average molecular weight is 321 g/mol. The van der Waals surface area contributed by atoms with Gasteiger partial charge in [-0.3, -0.25) is 4.99 Å². The Morgan fingerprint density at radius 3 is 2.04 bits per heavy atom. The van der Waals surface area contributed by atoms with Crippen LogP contribution < -0.4 is 0 Å². The van der Waals surface area contributed by atoms with Gasteiger partial charge in [0.05, 0.1) is 0 Å². The summed E-state index contributed by atoms with van der Waals surface area (Å²) >= 11 is 0. The molecule has 4 aromatic carbocycles. The van der Waals surface area contributed by atoms with Crippen LogP contribution >= 0.6 is 0 Å². The van der Waals surface area contributed by atoms with E-state index in [2.05, 4.69) is 78.9 Å². The van der Waals surface area contributed by atoms with Gasteiger partial charge >= 0.3 is 0 Å². The lowest BCUT2D eigenvalue weighted by Crippen LogP contribution is -2.00. The van der Waals surface area contributed by atoms with E-state index in [1.165, 1.54) is 21.9 Å². The van der Waals surface area contributed by atoms with E-state index in [9.17, 15) is 0 Å². The lowest BCUT2D eigenvalue weighted by atomic mass is 9.94. The van der Waals surface area contributed by atoms with Crippen molar-refractivity contribution in [2.24, 2.45) is 4.99 Å². The van der Waals surface area contributed by atoms with Crippen molar-refractivity contribution in [3.05, 3.63) is 120 Å². The molecule has 1 nitrogen and oxygen atoms in total. The molecule has 0 aliphatic carbocycles. The van der Waals surface area contributed by atoms with Gasteiger partial charge in [-0.2, -0.15) is 0 Å². The van der Waals surface area contributed by atoms with Crippen molar-refractivity contribution in [1.29, 1.82) is 0 Å². The van der Waals surface area contributed by atoms with Crippen LogP contribution in [0.3, 0.4) is 0 Å². The Morgan fingerprint density at radius 2 is 1.24 bits per heavy atom. The first-order chi connectivity index (χ1) is 12.4. The molecule has 0 spiro atoms. The molecule has 0 heterocycles. The van der Waals surface area contributed by atoms with E-state index >= 15 is 0 Å². The van der Waals surface area contributed by atoms with E-state index in [1.54, 1.807) is 0 Å². The number of fused-ring (bicyclic) bond motifs is 1. The monoisotopic (exact) mass is 321 g/mol. The third-order valence-electron chi connectivity index (χ3n) is 4.41. The maximum atomic E-state index is 4.96. The van der Waals surface area contributed by atoms with Crippen LogP contribution in [0.2, 0.25) is 0 Å². The quantitative estimate of drug-likeness (QED) is 0.406. The molecule has 0 N–H and O–H groups in total. The minimum absolute atomic E-state index is 0.0208. The molecule has 0 amide bonds. The minimum Gasteiger partial charge on any atom is -0.280 e. The van der Waals surface area contributed by atoms with Crippen molar-refractivity contribution in [1.82, 2.24) is 0 Å². The zero-order chi connectivity index (χ0) is 16.9. The van der Waals surface area contributed by atoms with Crippen LogP contribution in [-0.2, 0) is 0 Å². The summed E-state index contributed by atoms with van der Waals surface area (Å²) in [5.74, 6) is 0. The van der Waals surface area contributed by atoms with Gasteiger partial charge in [-0.15, -0.1) is 0 Å². The second kappa shape index (κ2) is 7.14. The number of aliphatic imine (C=N–C) groups is 1. The van der Waals surface area contributed by atoms with E-state index in [4.69, 9.17) is 4.99 Å². The van der Waals surface area contributed by atoms with Gasteiger partial charge in [0, 0.05) is 6.21 Å². The molecule has 25 heavy (non-hydrogen) atoms. The van der Waals surface area contributed by atoms with Gasteiger partial charge in [0.25, 0.3) is 0 Å². The molecule has 0 saturated carbocycles. The Kier molecular flexibility index (Phi) is 4.38. The summed E-state index contributed by atoms with van der Waals surface area (Å²) in [7, 11) is 0. The molecule has 0 aromatic heterocycles. The Morgan fingerprint density at radius 1 is 0.600 bits per heavy atom. The highest BCUT2D eigenvalue weighted by atomic mass is 14.8. The maximum absolute atomic E-state index is 4.96. The van der Waals surface area contributed by atoms with Crippen LogP contribution in [0.4, 0.5) is 0 Å². The Hall–Kier alpha value is -3.19. The van der Waals surface area contributed by atoms with Crippen molar-refractivity contribution in [3.8, 4) is 0 Å². The summed E-state index contributed by atoms with van der Waals surface area (Å²) in [6.45, 7) is 0. The summed E-state index contributed by atoms with van der Waals surface area (Å²) in [5, 5.41) is 2.50. The molecule has 1 heteroatoms. The predicted molar refractivity (Wildman–Crippen MR) is 106 cm³/mol. The van der Waals surface area contributed by atoms with Crippen molar-refractivity contribution < 1.29 is 0 Å². The fourth-order valence-electron chi connectivity index (χ4n) is 3.17. The fourth-order valence-corrected chi connectivity index (χ4v) is 3.17. The van der Waals surface area contributed by atoms with Gasteiger partial charge in [-0.05, 0) is 27.5 Å². The first-order valence-electron chi connectivity index (χ1n) is 8.53. The molecule has 4 aromatic rings. The first-order valence-corrected chi connectivity index (χ1v) is 8.53. The summed E-state index contributed by atoms with van der Waals surface area (Å²) in [6.07, 6.45) is 1.97. The van der Waals surface area contributed by atoms with Gasteiger partial charge in [-0.25, -0.2) is 0 Å². The number of benzene rings is 4. The van der Waals surface area contributed by atoms with Crippen LogP contribution in [0.5, 0.6) is 0 Å². The third-order valence-corrected chi connectivity index (χ3v) is 4.41. The fraction of sp³-hybridized carbons (Fsp3) is 0.0417. The van der Waals surface area contributed by atoms with Gasteiger partial charge in [-0.1, -0.05) is 103 Å². The molecular formula is C24H19N. The van der Waals surface area contributed by atoms with Gasteiger partial charge in [0.2, 0.25) is 0 Å². The van der Waals surface area contributed by atoms with Crippen LogP contribution in [0, 0.1) is 0 Å². The number of hydrogen-bond acceptors (Lipinski definition) is 1. The second-order valence-corrected chi connectivity index (χ2v) is 6.07. The molecule has 0 radical (unpaired) electrons. The van der Waals surface area contributed by atoms with Crippen LogP contribution in [-0.4, -0.2) is 6.21 Å². The van der Waals surface area contributed by atoms with Gasteiger partial charge in [0.15, 0.2) is 0 Å². The lowest BCUT2D eigenvalue weighted by Gasteiger charge is -2.16. The molecule has 0 unspecified atom stereocenters. The van der Waals surface area contributed by atoms with E-state index in [0.717, 1.165) is 5.56 Å². The maximum Gasteiger partial charge on any atom is 0.101 e.